The Bertz CT molecular complexity index is 581. The van der Waals surface area contributed by atoms with Crippen LogP contribution in [0.3, 0.4) is 0 Å². The summed E-state index contributed by atoms with van der Waals surface area (Å²) in [5.41, 5.74) is 8.80. The summed E-state index contributed by atoms with van der Waals surface area (Å²) in [7, 11) is 1.93. The first-order chi connectivity index (χ1) is 9.16. The van der Waals surface area contributed by atoms with Crippen LogP contribution in [0.25, 0.3) is 11.2 Å². The Hall–Kier alpha value is -1.56. The van der Waals surface area contributed by atoms with Crippen LogP contribution in [0.5, 0.6) is 0 Å². The van der Waals surface area contributed by atoms with E-state index < -0.39 is 0 Å². The number of hydrogen-bond donors (Lipinski definition) is 1. The van der Waals surface area contributed by atoms with Crippen molar-refractivity contribution >= 4 is 17.1 Å². The van der Waals surface area contributed by atoms with E-state index in [0.29, 0.717) is 5.95 Å². The molecule has 0 aromatic carbocycles. The molecule has 0 spiro atoms. The number of ether oxygens (including phenoxy) is 1. The second-order valence-electron chi connectivity index (χ2n) is 5.37. The zero-order valence-electron chi connectivity index (χ0n) is 11.6. The van der Waals surface area contributed by atoms with E-state index in [4.69, 9.17) is 10.5 Å². The van der Waals surface area contributed by atoms with Gasteiger partial charge in [-0.05, 0) is 32.1 Å². The lowest BCUT2D eigenvalue weighted by atomic mass is 10.4. The highest BCUT2D eigenvalue weighted by Gasteiger charge is 2.21. The Balaban J connectivity index is 1.64. The fourth-order valence-electron chi connectivity index (χ4n) is 2.43. The maximum absolute atomic E-state index is 5.98. The number of anilines is 1. The van der Waals surface area contributed by atoms with Crippen molar-refractivity contribution < 1.29 is 4.74 Å². The van der Waals surface area contributed by atoms with Crippen LogP contribution in [-0.2, 0) is 18.3 Å². The molecule has 0 atom stereocenters. The van der Waals surface area contributed by atoms with Gasteiger partial charge in [0.15, 0.2) is 5.65 Å². The van der Waals surface area contributed by atoms with Gasteiger partial charge in [-0.1, -0.05) is 0 Å². The van der Waals surface area contributed by atoms with Crippen LogP contribution in [0.2, 0.25) is 0 Å². The molecule has 0 amide bonds. The molecule has 3 rings (SSSR count). The lowest BCUT2D eigenvalue weighted by Crippen LogP contribution is -2.09. The Kier molecular flexibility index (Phi) is 3.18. The third-order valence-electron chi connectivity index (χ3n) is 3.64. The van der Waals surface area contributed by atoms with Crippen molar-refractivity contribution in [2.45, 2.75) is 32.7 Å². The van der Waals surface area contributed by atoms with Crippen LogP contribution in [-0.4, -0.2) is 32.5 Å². The number of nitrogen functional groups attached to an aromatic ring is 1. The van der Waals surface area contributed by atoms with E-state index in [0.717, 1.165) is 49.0 Å². The average molecular weight is 263 g/mol. The van der Waals surface area contributed by atoms with Crippen LogP contribution in [0, 0.1) is 12.8 Å². The molecule has 2 aromatic rings. The first kappa shape index (κ1) is 12.5. The Morgan fingerprint density at radius 2 is 2.21 bits per heavy atom. The summed E-state index contributed by atoms with van der Waals surface area (Å²) in [6.45, 7) is 4.48. The van der Waals surface area contributed by atoms with Crippen molar-refractivity contribution in [1.29, 1.82) is 0 Å². The first-order valence-electron chi connectivity index (χ1n) is 6.90. The van der Waals surface area contributed by atoms with Crippen LogP contribution in [0.1, 0.15) is 25.0 Å². The molecule has 0 radical (unpaired) electrons. The van der Waals surface area contributed by atoms with Gasteiger partial charge in [-0.2, -0.15) is 5.10 Å². The highest BCUT2D eigenvalue weighted by molar-refractivity contribution is 5.77. The lowest BCUT2D eigenvalue weighted by molar-refractivity contribution is 0.119. The van der Waals surface area contributed by atoms with E-state index in [-0.39, 0.29) is 0 Å². The van der Waals surface area contributed by atoms with Gasteiger partial charge in [-0.3, -0.25) is 9.25 Å². The molecule has 19 heavy (non-hydrogen) atoms. The summed E-state index contributed by atoms with van der Waals surface area (Å²) in [5, 5.41) is 4.37. The summed E-state index contributed by atoms with van der Waals surface area (Å²) in [5.74, 6) is 1.39. The van der Waals surface area contributed by atoms with Gasteiger partial charge >= 0.3 is 0 Å². The minimum atomic E-state index is 0.563. The topological polar surface area (TPSA) is 70.9 Å². The number of nitrogens with two attached hydrogens (primary N) is 1. The van der Waals surface area contributed by atoms with E-state index in [1.807, 2.05) is 23.2 Å². The summed E-state index contributed by atoms with van der Waals surface area (Å²) in [6.07, 6.45) is 3.62. The molecule has 1 aliphatic rings. The van der Waals surface area contributed by atoms with E-state index in [9.17, 15) is 0 Å². The average Bonchev–Trinajstić information content (AvgIpc) is 3.07. The van der Waals surface area contributed by atoms with Gasteiger partial charge in [0, 0.05) is 26.8 Å². The van der Waals surface area contributed by atoms with Gasteiger partial charge < -0.3 is 10.5 Å². The van der Waals surface area contributed by atoms with Gasteiger partial charge in [0.05, 0.1) is 5.69 Å². The van der Waals surface area contributed by atoms with E-state index in [1.165, 1.54) is 12.8 Å². The number of aromatic nitrogens is 4. The molecule has 0 unspecified atom stereocenters. The van der Waals surface area contributed by atoms with Crippen LogP contribution >= 0.6 is 0 Å². The molecule has 6 heteroatoms. The van der Waals surface area contributed by atoms with E-state index in [2.05, 4.69) is 10.1 Å². The molecule has 1 aliphatic carbocycles. The van der Waals surface area contributed by atoms with Crippen LogP contribution in [0.4, 0.5) is 5.95 Å². The monoisotopic (exact) mass is 263 g/mol. The Morgan fingerprint density at radius 3 is 2.95 bits per heavy atom. The maximum Gasteiger partial charge on any atom is 0.202 e. The minimum absolute atomic E-state index is 0.563. The van der Waals surface area contributed by atoms with Crippen molar-refractivity contribution in [2.24, 2.45) is 13.0 Å². The van der Waals surface area contributed by atoms with E-state index >= 15 is 0 Å². The molecule has 1 fully saturated rings. The molecular weight excluding hydrogens is 242 g/mol. The third-order valence-corrected chi connectivity index (χ3v) is 3.64. The summed E-state index contributed by atoms with van der Waals surface area (Å²) in [4.78, 5) is 4.39. The molecule has 2 aromatic heterocycles. The Labute approximate surface area is 112 Å². The molecule has 2 N–H and O–H groups in total. The number of nitrogens with zero attached hydrogens (tertiary/aromatic N) is 4. The van der Waals surface area contributed by atoms with Gasteiger partial charge in [-0.25, -0.2) is 4.98 Å². The van der Waals surface area contributed by atoms with Gasteiger partial charge in [-0.15, -0.1) is 0 Å². The second-order valence-corrected chi connectivity index (χ2v) is 5.37. The summed E-state index contributed by atoms with van der Waals surface area (Å²) in [6, 6.07) is 0. The number of imidazole rings is 1. The standard InChI is InChI=1S/C13H21N5O/c1-9-11-12(17(2)16-9)18(13(14)15-11)6-3-7-19-8-10-4-5-10/h10H,3-8H2,1-2H3,(H2,14,15). The molecule has 0 aliphatic heterocycles. The quantitative estimate of drug-likeness (QED) is 0.801. The highest BCUT2D eigenvalue weighted by Crippen LogP contribution is 2.28. The molecule has 0 saturated heterocycles. The zero-order valence-corrected chi connectivity index (χ0v) is 11.6. The largest absolute Gasteiger partial charge is 0.381 e. The molecule has 104 valence electrons. The predicted molar refractivity (Wildman–Crippen MR) is 73.8 cm³/mol. The minimum Gasteiger partial charge on any atom is -0.381 e. The predicted octanol–water partition coefficient (Wildman–Crippen LogP) is 1.48. The number of aryl methyl sites for hydroxylation is 3. The third kappa shape index (κ3) is 2.45. The molecule has 0 bridgehead atoms. The van der Waals surface area contributed by atoms with Gasteiger partial charge in [0.1, 0.15) is 5.52 Å². The fourth-order valence-corrected chi connectivity index (χ4v) is 2.43. The van der Waals surface area contributed by atoms with E-state index in [1.54, 1.807) is 0 Å². The van der Waals surface area contributed by atoms with Crippen molar-refractivity contribution in [1.82, 2.24) is 19.3 Å². The SMILES string of the molecule is Cc1nn(C)c2c1nc(N)n2CCCOCC1CC1. The van der Waals surface area contributed by atoms with Crippen molar-refractivity contribution in [3.8, 4) is 0 Å². The van der Waals surface area contributed by atoms with Crippen molar-refractivity contribution in [3.63, 3.8) is 0 Å². The summed E-state index contributed by atoms with van der Waals surface area (Å²) < 4.78 is 9.52. The fraction of sp³-hybridized carbons (Fsp3) is 0.692. The second kappa shape index (κ2) is 4.85. The number of rotatable bonds is 6. The molecule has 2 heterocycles. The van der Waals surface area contributed by atoms with Crippen LogP contribution in [0.15, 0.2) is 0 Å². The number of fused-ring (bicyclic) bond motifs is 1. The van der Waals surface area contributed by atoms with Crippen molar-refractivity contribution in [3.05, 3.63) is 5.69 Å². The Morgan fingerprint density at radius 1 is 1.42 bits per heavy atom. The summed E-state index contributed by atoms with van der Waals surface area (Å²) >= 11 is 0. The molecular formula is C13H21N5O. The first-order valence-corrected chi connectivity index (χ1v) is 6.90. The molecule has 6 nitrogen and oxygen atoms in total. The lowest BCUT2D eigenvalue weighted by Gasteiger charge is -2.07. The number of hydrogen-bond acceptors (Lipinski definition) is 4. The van der Waals surface area contributed by atoms with Crippen LogP contribution < -0.4 is 5.73 Å². The normalized spacial score (nSPS) is 15.5. The van der Waals surface area contributed by atoms with Crippen molar-refractivity contribution in [2.75, 3.05) is 18.9 Å². The maximum atomic E-state index is 5.98. The zero-order chi connectivity index (χ0) is 13.4. The van der Waals surface area contributed by atoms with Gasteiger partial charge in [0.25, 0.3) is 0 Å². The highest BCUT2D eigenvalue weighted by atomic mass is 16.5. The smallest absolute Gasteiger partial charge is 0.202 e. The molecule has 1 saturated carbocycles. The van der Waals surface area contributed by atoms with Gasteiger partial charge in [0.2, 0.25) is 5.95 Å².